The molecule has 2 amide bonds. The van der Waals surface area contributed by atoms with Crippen molar-refractivity contribution in [3.8, 4) is 0 Å². The number of benzene rings is 4. The number of amides is 2. The van der Waals surface area contributed by atoms with E-state index in [4.69, 9.17) is 9.47 Å². The summed E-state index contributed by atoms with van der Waals surface area (Å²) in [4.78, 5) is 58.2. The van der Waals surface area contributed by atoms with Crippen molar-refractivity contribution in [2.75, 3.05) is 52.4 Å². The van der Waals surface area contributed by atoms with Crippen LogP contribution in [0.4, 0.5) is 0 Å². The second-order valence-electron chi connectivity index (χ2n) is 17.5. The molecule has 0 N–H and O–H groups in total. The van der Waals surface area contributed by atoms with E-state index in [0.717, 1.165) is 73.3 Å². The number of hydrogen-bond donors (Lipinski definition) is 0. The van der Waals surface area contributed by atoms with Gasteiger partial charge in [-0.3, -0.25) is 9.59 Å². The summed E-state index contributed by atoms with van der Waals surface area (Å²) < 4.78 is 68.4. The molecule has 4 aliphatic heterocycles. The molecule has 2 unspecified atom stereocenters. The first-order chi connectivity index (χ1) is 31.9. The van der Waals surface area contributed by atoms with Crippen molar-refractivity contribution >= 4 is 43.8 Å². The van der Waals surface area contributed by atoms with E-state index in [1.165, 1.54) is 47.5 Å². The lowest BCUT2D eigenvalue weighted by atomic mass is 9.90. The monoisotopic (exact) mass is 936 g/mol. The SMILES string of the molecule is O=C(/C=C/C(=O)OC1c2ccccc2C(=O)N(CCCN2CCC(Cc3ccccc3)CC2)S1(=O)=O)OC1c2ccccc2C(=O)N(CCCN2CCC(Cc3ccccc3)CC2)S1(=O)=O. The average Bonchev–Trinajstić information content (AvgIpc) is 3.32. The Labute approximate surface area is 387 Å². The summed E-state index contributed by atoms with van der Waals surface area (Å²) in [6, 6.07) is 32.7. The molecule has 0 radical (unpaired) electrons. The highest BCUT2D eigenvalue weighted by Crippen LogP contribution is 2.38. The van der Waals surface area contributed by atoms with E-state index in [2.05, 4.69) is 34.1 Å². The van der Waals surface area contributed by atoms with Gasteiger partial charge in [0.1, 0.15) is 0 Å². The molecule has 8 rings (SSSR count). The summed E-state index contributed by atoms with van der Waals surface area (Å²) in [6.45, 7) is 4.36. The number of fused-ring (bicyclic) bond motifs is 2. The molecular formula is C50H56N4O10S2. The topological polar surface area (TPSA) is 168 Å². The predicted octanol–water partition coefficient (Wildman–Crippen LogP) is 6.29. The summed E-state index contributed by atoms with van der Waals surface area (Å²) in [6.07, 6.45) is 8.12. The Bertz CT molecular complexity index is 2450. The molecular weight excluding hydrogens is 881 g/mol. The molecule has 66 heavy (non-hydrogen) atoms. The molecule has 0 aliphatic carbocycles. The van der Waals surface area contributed by atoms with Crippen LogP contribution in [-0.2, 0) is 52.0 Å². The zero-order valence-corrected chi connectivity index (χ0v) is 38.5. The zero-order valence-electron chi connectivity index (χ0n) is 36.9. The summed E-state index contributed by atoms with van der Waals surface area (Å²) in [5.41, 5.74) is -1.07. The fourth-order valence-corrected chi connectivity index (χ4v) is 13.0. The molecule has 16 heteroatoms. The molecule has 0 saturated carbocycles. The second-order valence-corrected chi connectivity index (χ2v) is 21.3. The number of piperidine rings is 2. The van der Waals surface area contributed by atoms with Gasteiger partial charge in [0.05, 0.1) is 0 Å². The Morgan fingerprint density at radius 1 is 0.500 bits per heavy atom. The van der Waals surface area contributed by atoms with E-state index in [1.54, 1.807) is 12.1 Å². The average molecular weight is 937 g/mol. The molecule has 2 atom stereocenters. The molecule has 0 aromatic heterocycles. The van der Waals surface area contributed by atoms with E-state index in [0.29, 0.717) is 49.9 Å². The Balaban J connectivity index is 0.862. The summed E-state index contributed by atoms with van der Waals surface area (Å²) in [5.74, 6) is -2.80. The highest BCUT2D eigenvalue weighted by Gasteiger charge is 2.47. The maximum Gasteiger partial charge on any atom is 0.332 e. The van der Waals surface area contributed by atoms with Crippen molar-refractivity contribution in [2.24, 2.45) is 11.8 Å². The smallest absolute Gasteiger partial charge is 0.332 e. The molecule has 4 aromatic rings. The van der Waals surface area contributed by atoms with E-state index < -0.39 is 54.7 Å². The maximum atomic E-state index is 14.0. The Morgan fingerprint density at radius 3 is 1.23 bits per heavy atom. The van der Waals surface area contributed by atoms with Gasteiger partial charge in [-0.1, -0.05) is 97.1 Å². The molecule has 0 spiro atoms. The molecule has 14 nitrogen and oxygen atoms in total. The second kappa shape index (κ2) is 20.9. The predicted molar refractivity (Wildman–Crippen MR) is 247 cm³/mol. The van der Waals surface area contributed by atoms with Gasteiger partial charge < -0.3 is 19.3 Å². The first-order valence-electron chi connectivity index (χ1n) is 22.8. The van der Waals surface area contributed by atoms with Crippen LogP contribution in [0.25, 0.3) is 0 Å². The van der Waals surface area contributed by atoms with E-state index in [9.17, 15) is 36.0 Å². The minimum Gasteiger partial charge on any atom is -0.436 e. The number of esters is 2. The third kappa shape index (κ3) is 10.8. The number of carbonyl (C=O) groups excluding carboxylic acids is 4. The molecule has 4 aromatic carbocycles. The molecule has 0 bridgehead atoms. The van der Waals surface area contributed by atoms with Crippen LogP contribution in [0, 0.1) is 11.8 Å². The van der Waals surface area contributed by atoms with Gasteiger partial charge in [-0.15, -0.1) is 0 Å². The molecule has 4 aliphatic rings. The number of ether oxygens (including phenoxy) is 2. The lowest BCUT2D eigenvalue weighted by Gasteiger charge is -2.35. The van der Waals surface area contributed by atoms with Crippen molar-refractivity contribution in [1.29, 1.82) is 0 Å². The van der Waals surface area contributed by atoms with Crippen LogP contribution in [0.15, 0.2) is 121 Å². The fourth-order valence-electron chi connectivity index (χ4n) is 9.58. The number of nitrogens with zero attached hydrogens (tertiary/aromatic N) is 4. The standard InChI is InChI=1S/C50H56N4O10S2/c55-45(63-49-43-19-9-7-17-41(43)47(57)53(65(49,59)60)29-11-27-51-31-23-39(24-32-51)35-37-13-3-1-4-14-37)21-22-46(56)64-50-44-20-10-8-18-42(44)48(58)54(66(50,61)62)30-12-28-52-33-25-40(26-34-52)36-38-15-5-2-6-16-38/h1-10,13-22,39-40,49-50H,11-12,23-36H2/b22-21+. The van der Waals surface area contributed by atoms with E-state index >= 15 is 0 Å². The van der Waals surface area contributed by atoms with Gasteiger partial charge in [0.2, 0.25) is 10.9 Å². The zero-order chi connectivity index (χ0) is 46.3. The highest BCUT2D eigenvalue weighted by molar-refractivity contribution is 7.90. The van der Waals surface area contributed by atoms with Crippen LogP contribution in [0.2, 0.25) is 0 Å². The largest absolute Gasteiger partial charge is 0.436 e. The van der Waals surface area contributed by atoms with Crippen LogP contribution < -0.4 is 0 Å². The highest BCUT2D eigenvalue weighted by atomic mass is 32.2. The molecule has 348 valence electrons. The van der Waals surface area contributed by atoms with E-state index in [-0.39, 0.29) is 35.3 Å². The number of sulfonamides is 2. The van der Waals surface area contributed by atoms with E-state index in [1.807, 2.05) is 36.4 Å². The van der Waals surface area contributed by atoms with Crippen molar-refractivity contribution in [1.82, 2.24) is 18.4 Å². The number of likely N-dealkylation sites (tertiary alicyclic amines) is 2. The van der Waals surface area contributed by atoms with Crippen molar-refractivity contribution < 1.29 is 45.5 Å². The van der Waals surface area contributed by atoms with Crippen molar-refractivity contribution in [3.05, 3.63) is 155 Å². The maximum absolute atomic E-state index is 14.0. The number of hydrogen-bond acceptors (Lipinski definition) is 12. The van der Waals surface area contributed by atoms with Crippen LogP contribution in [0.1, 0.15) is 92.4 Å². The lowest BCUT2D eigenvalue weighted by molar-refractivity contribution is -0.142. The fraction of sp³-hybridized carbons (Fsp3) is 0.400. The Hall–Kier alpha value is -5.68. The molecule has 2 saturated heterocycles. The Morgan fingerprint density at radius 2 is 0.848 bits per heavy atom. The molecule has 2 fully saturated rings. The first kappa shape index (κ1) is 46.8. The van der Waals surface area contributed by atoms with Gasteiger partial charge in [0.25, 0.3) is 31.9 Å². The van der Waals surface area contributed by atoms with Gasteiger partial charge in [-0.05, 0) is 126 Å². The van der Waals surface area contributed by atoms with Crippen LogP contribution in [0.5, 0.6) is 0 Å². The normalized spacial score (nSPS) is 21.3. The van der Waals surface area contributed by atoms with Crippen LogP contribution in [0.3, 0.4) is 0 Å². The molecule has 4 heterocycles. The minimum absolute atomic E-state index is 0.0224. The van der Waals surface area contributed by atoms with Gasteiger partial charge in [-0.2, -0.15) is 0 Å². The van der Waals surface area contributed by atoms with Crippen molar-refractivity contribution in [3.63, 3.8) is 0 Å². The third-order valence-electron chi connectivity index (χ3n) is 13.1. The van der Waals surface area contributed by atoms with Crippen LogP contribution >= 0.6 is 0 Å². The minimum atomic E-state index is -4.57. The number of carbonyl (C=O) groups is 4. The quantitative estimate of drug-likeness (QED) is 0.0912. The number of rotatable bonds is 16. The van der Waals surface area contributed by atoms with Gasteiger partial charge in [-0.25, -0.2) is 35.0 Å². The summed E-state index contributed by atoms with van der Waals surface area (Å²) in [5, 5.41) is 0. The lowest BCUT2D eigenvalue weighted by Crippen LogP contribution is -2.46. The first-order valence-corrected chi connectivity index (χ1v) is 25.8. The van der Waals surface area contributed by atoms with Gasteiger partial charge in [0.15, 0.2) is 0 Å². The third-order valence-corrected chi connectivity index (χ3v) is 16.8. The van der Waals surface area contributed by atoms with Gasteiger partial charge >= 0.3 is 11.9 Å². The van der Waals surface area contributed by atoms with Gasteiger partial charge in [0, 0.05) is 47.5 Å². The Kier molecular flexibility index (Phi) is 14.8. The summed E-state index contributed by atoms with van der Waals surface area (Å²) in [7, 11) is -9.13. The summed E-state index contributed by atoms with van der Waals surface area (Å²) >= 11 is 0. The van der Waals surface area contributed by atoms with Crippen LogP contribution in [-0.4, -0.2) is 111 Å². The van der Waals surface area contributed by atoms with Crippen molar-refractivity contribution in [2.45, 2.75) is 62.2 Å².